The first-order chi connectivity index (χ1) is 8.97. The van der Waals surface area contributed by atoms with Gasteiger partial charge in [0.05, 0.1) is 16.6 Å². The Hall–Kier alpha value is -1.62. The molecule has 1 fully saturated rings. The molecule has 1 aliphatic carbocycles. The minimum absolute atomic E-state index is 0.213. The molecule has 1 aromatic rings. The van der Waals surface area contributed by atoms with Gasteiger partial charge in [-0.3, -0.25) is 9.59 Å². The number of amides is 1. The second-order valence-corrected chi connectivity index (χ2v) is 5.07. The molecule has 0 heterocycles. The van der Waals surface area contributed by atoms with E-state index in [1.165, 1.54) is 12.1 Å². The van der Waals surface area contributed by atoms with Gasteiger partial charge in [-0.2, -0.15) is 0 Å². The maximum Gasteiger partial charge on any atom is 0.306 e. The molecular weight excluding hydrogens is 273 g/mol. The summed E-state index contributed by atoms with van der Waals surface area (Å²) in [5.74, 6) is -2.51. The van der Waals surface area contributed by atoms with E-state index in [1.807, 2.05) is 0 Å². The first-order valence-electron chi connectivity index (χ1n) is 5.96. The second kappa shape index (κ2) is 5.57. The average molecular weight is 286 g/mol. The Bertz CT molecular complexity index is 521. The zero-order valence-electron chi connectivity index (χ0n) is 10.0. The molecule has 0 aromatic heterocycles. The van der Waals surface area contributed by atoms with Crippen LogP contribution in [0.2, 0.25) is 5.02 Å². The van der Waals surface area contributed by atoms with E-state index in [4.69, 9.17) is 16.7 Å². The average Bonchev–Trinajstić information content (AvgIpc) is 2.83. The lowest BCUT2D eigenvalue weighted by Gasteiger charge is -2.12. The van der Waals surface area contributed by atoms with Gasteiger partial charge in [0.1, 0.15) is 5.82 Å². The molecule has 0 radical (unpaired) electrons. The number of rotatable bonds is 3. The van der Waals surface area contributed by atoms with E-state index < -0.39 is 17.7 Å². The fraction of sp³-hybridized carbons (Fsp3) is 0.385. The molecule has 1 aromatic carbocycles. The summed E-state index contributed by atoms with van der Waals surface area (Å²) in [6, 6.07) is 3.71. The number of aliphatic carboxylic acids is 1. The first-order valence-corrected chi connectivity index (χ1v) is 6.34. The molecule has 2 atom stereocenters. The number of hydrogen-bond donors (Lipinski definition) is 2. The lowest BCUT2D eigenvalue weighted by atomic mass is 10.0. The van der Waals surface area contributed by atoms with Gasteiger partial charge in [-0.15, -0.1) is 0 Å². The molecule has 0 bridgehead atoms. The predicted octanol–water partition coefficient (Wildman–Crippen LogP) is 2.92. The van der Waals surface area contributed by atoms with Crippen molar-refractivity contribution in [2.45, 2.75) is 19.3 Å². The molecule has 1 aliphatic rings. The highest BCUT2D eigenvalue weighted by atomic mass is 35.5. The highest BCUT2D eigenvalue weighted by molar-refractivity contribution is 6.33. The minimum atomic E-state index is -0.876. The zero-order valence-corrected chi connectivity index (χ0v) is 10.8. The van der Waals surface area contributed by atoms with E-state index in [0.717, 1.165) is 6.07 Å². The lowest BCUT2D eigenvalue weighted by molar-refractivity contribution is -0.141. The van der Waals surface area contributed by atoms with Gasteiger partial charge in [-0.05, 0) is 37.5 Å². The normalized spacial score (nSPS) is 22.2. The topological polar surface area (TPSA) is 66.4 Å². The van der Waals surface area contributed by atoms with Crippen molar-refractivity contribution in [2.75, 3.05) is 5.32 Å². The summed E-state index contributed by atoms with van der Waals surface area (Å²) in [7, 11) is 0. The molecule has 0 saturated heterocycles. The van der Waals surface area contributed by atoms with Crippen molar-refractivity contribution in [1.29, 1.82) is 0 Å². The van der Waals surface area contributed by atoms with Crippen LogP contribution in [0.15, 0.2) is 18.2 Å². The molecule has 6 heteroatoms. The molecule has 2 rings (SSSR count). The third kappa shape index (κ3) is 3.23. The third-order valence-corrected chi connectivity index (χ3v) is 3.67. The van der Waals surface area contributed by atoms with Crippen LogP contribution in [-0.2, 0) is 9.59 Å². The minimum Gasteiger partial charge on any atom is -0.481 e. The van der Waals surface area contributed by atoms with Gasteiger partial charge in [0.15, 0.2) is 0 Å². The Balaban J connectivity index is 2.02. The lowest BCUT2D eigenvalue weighted by Crippen LogP contribution is -2.22. The molecule has 19 heavy (non-hydrogen) atoms. The number of hydrogen-bond acceptors (Lipinski definition) is 2. The van der Waals surface area contributed by atoms with E-state index in [9.17, 15) is 14.0 Å². The Labute approximate surface area is 114 Å². The van der Waals surface area contributed by atoms with Crippen LogP contribution in [-0.4, -0.2) is 17.0 Å². The number of carboxylic acids is 1. The fourth-order valence-corrected chi connectivity index (χ4v) is 2.44. The second-order valence-electron chi connectivity index (χ2n) is 4.66. The Morgan fingerprint density at radius 2 is 2.00 bits per heavy atom. The van der Waals surface area contributed by atoms with Crippen molar-refractivity contribution >= 4 is 29.2 Å². The van der Waals surface area contributed by atoms with Gasteiger partial charge in [-0.1, -0.05) is 11.6 Å². The molecule has 102 valence electrons. The van der Waals surface area contributed by atoms with Gasteiger partial charge in [0.25, 0.3) is 0 Å². The first kappa shape index (κ1) is 13.8. The number of benzene rings is 1. The molecule has 1 amide bonds. The van der Waals surface area contributed by atoms with E-state index in [0.29, 0.717) is 19.3 Å². The number of carbonyl (C=O) groups is 2. The van der Waals surface area contributed by atoms with Crippen molar-refractivity contribution in [3.8, 4) is 0 Å². The molecule has 0 spiro atoms. The number of carbonyl (C=O) groups excluding carboxylic acids is 1. The van der Waals surface area contributed by atoms with E-state index >= 15 is 0 Å². The van der Waals surface area contributed by atoms with Gasteiger partial charge in [-0.25, -0.2) is 4.39 Å². The maximum atomic E-state index is 13.1. The molecular formula is C13H13ClFNO3. The summed E-state index contributed by atoms with van der Waals surface area (Å²) in [5, 5.41) is 11.7. The maximum absolute atomic E-state index is 13.1. The quantitative estimate of drug-likeness (QED) is 0.897. The molecule has 1 saturated carbocycles. The van der Waals surface area contributed by atoms with Crippen LogP contribution in [0.4, 0.5) is 10.1 Å². The van der Waals surface area contributed by atoms with Crippen LogP contribution in [0, 0.1) is 17.7 Å². The van der Waals surface area contributed by atoms with Gasteiger partial charge >= 0.3 is 5.97 Å². The van der Waals surface area contributed by atoms with Crippen LogP contribution in [0.5, 0.6) is 0 Å². The van der Waals surface area contributed by atoms with Crippen molar-refractivity contribution in [1.82, 2.24) is 0 Å². The van der Waals surface area contributed by atoms with Crippen molar-refractivity contribution in [3.63, 3.8) is 0 Å². The number of anilines is 1. The van der Waals surface area contributed by atoms with Crippen LogP contribution in [0.3, 0.4) is 0 Å². The SMILES string of the molecule is O=C(O)[C@H]1CC[C@@H](C(=O)Nc2cc(F)ccc2Cl)C1. The Morgan fingerprint density at radius 1 is 1.32 bits per heavy atom. The highest BCUT2D eigenvalue weighted by Gasteiger charge is 2.33. The monoisotopic (exact) mass is 285 g/mol. The summed E-state index contributed by atoms with van der Waals surface area (Å²) in [4.78, 5) is 22.8. The highest BCUT2D eigenvalue weighted by Crippen LogP contribution is 2.32. The smallest absolute Gasteiger partial charge is 0.306 e. The van der Waals surface area contributed by atoms with Crippen LogP contribution in [0.1, 0.15) is 19.3 Å². The number of nitrogens with one attached hydrogen (secondary N) is 1. The standard InChI is InChI=1S/C13H13ClFNO3/c14-10-4-3-9(15)6-11(10)16-12(17)7-1-2-8(5-7)13(18)19/h3-4,6-8H,1-2,5H2,(H,16,17)(H,18,19)/t7-,8+/m1/s1. The summed E-state index contributed by atoms with van der Waals surface area (Å²) >= 11 is 5.85. The molecule has 4 nitrogen and oxygen atoms in total. The Kier molecular flexibility index (Phi) is 4.04. The number of carboxylic acid groups (broad SMARTS) is 1. The largest absolute Gasteiger partial charge is 0.481 e. The summed E-state index contributed by atoms with van der Waals surface area (Å²) in [5.41, 5.74) is 0.213. The zero-order chi connectivity index (χ0) is 14.0. The summed E-state index contributed by atoms with van der Waals surface area (Å²) < 4.78 is 13.1. The van der Waals surface area contributed by atoms with Crippen molar-refractivity contribution < 1.29 is 19.1 Å². The van der Waals surface area contributed by atoms with E-state index in [1.54, 1.807) is 0 Å². The van der Waals surface area contributed by atoms with Gasteiger partial charge in [0.2, 0.25) is 5.91 Å². The van der Waals surface area contributed by atoms with Crippen LogP contribution in [0.25, 0.3) is 0 Å². The van der Waals surface area contributed by atoms with Gasteiger partial charge in [0, 0.05) is 5.92 Å². The van der Waals surface area contributed by atoms with Crippen molar-refractivity contribution in [2.24, 2.45) is 11.8 Å². The molecule has 2 N–H and O–H groups in total. The van der Waals surface area contributed by atoms with Crippen LogP contribution < -0.4 is 5.32 Å². The van der Waals surface area contributed by atoms with Gasteiger partial charge < -0.3 is 10.4 Å². The Morgan fingerprint density at radius 3 is 2.63 bits per heavy atom. The van der Waals surface area contributed by atoms with Crippen molar-refractivity contribution in [3.05, 3.63) is 29.0 Å². The fourth-order valence-electron chi connectivity index (χ4n) is 2.27. The molecule has 0 aliphatic heterocycles. The van der Waals surface area contributed by atoms with Crippen LogP contribution >= 0.6 is 11.6 Å². The number of halogens is 2. The molecule has 0 unspecified atom stereocenters. The third-order valence-electron chi connectivity index (χ3n) is 3.34. The van der Waals surface area contributed by atoms with E-state index in [2.05, 4.69) is 5.32 Å². The summed E-state index contributed by atoms with van der Waals surface area (Å²) in [6.45, 7) is 0. The summed E-state index contributed by atoms with van der Waals surface area (Å²) in [6.07, 6.45) is 1.33. The van der Waals surface area contributed by atoms with E-state index in [-0.39, 0.29) is 22.5 Å². The predicted molar refractivity (Wildman–Crippen MR) is 68.5 cm³/mol.